The van der Waals surface area contributed by atoms with Crippen LogP contribution in [0.4, 0.5) is 11.4 Å². The summed E-state index contributed by atoms with van der Waals surface area (Å²) in [7, 11) is -3.79. The molecule has 1 aliphatic heterocycles. The van der Waals surface area contributed by atoms with E-state index in [1.54, 1.807) is 6.92 Å². The molecule has 1 aromatic carbocycles. The largest absolute Gasteiger partial charge is 0.389 e. The molecule has 0 aromatic heterocycles. The van der Waals surface area contributed by atoms with E-state index in [1.165, 1.54) is 4.90 Å². The second-order valence-corrected chi connectivity index (χ2v) is 7.48. The zero-order chi connectivity index (χ0) is 16.5. The Labute approximate surface area is 127 Å². The van der Waals surface area contributed by atoms with Crippen LogP contribution >= 0.6 is 7.60 Å². The van der Waals surface area contributed by atoms with Crippen LogP contribution in [0.5, 0.6) is 0 Å². The maximum Gasteiger partial charge on any atom is 0.330 e. The van der Waals surface area contributed by atoms with Crippen LogP contribution in [0.3, 0.4) is 0 Å². The van der Waals surface area contributed by atoms with Crippen LogP contribution in [-0.4, -0.2) is 48.0 Å². The first-order chi connectivity index (χ1) is 10.2. The van der Waals surface area contributed by atoms with Crippen molar-refractivity contribution in [1.82, 2.24) is 0 Å². The third-order valence-corrected chi connectivity index (χ3v) is 5.17. The maximum absolute atomic E-state index is 12.0. The van der Waals surface area contributed by atoms with E-state index in [9.17, 15) is 24.2 Å². The topological polar surface area (TPSA) is 116 Å². The van der Waals surface area contributed by atoms with Gasteiger partial charge < -0.3 is 24.7 Å². The highest BCUT2D eigenvalue weighted by atomic mass is 31.2. The van der Waals surface area contributed by atoms with Crippen molar-refractivity contribution >= 4 is 19.0 Å². The molecule has 0 aliphatic carbocycles. The molecule has 1 aliphatic rings. The third kappa shape index (κ3) is 3.57. The molecule has 0 amide bonds. The number of aliphatic hydroxyl groups is 1. The van der Waals surface area contributed by atoms with Crippen LogP contribution in [0, 0.1) is 0 Å². The van der Waals surface area contributed by atoms with Gasteiger partial charge in [0.25, 0.3) is 10.9 Å². The zero-order valence-corrected chi connectivity index (χ0v) is 13.5. The Balaban J connectivity index is 2.08. The quantitative estimate of drug-likeness (QED) is 0.487. The van der Waals surface area contributed by atoms with Gasteiger partial charge in [-0.3, -0.25) is 14.2 Å². The van der Waals surface area contributed by atoms with Crippen molar-refractivity contribution in [3.63, 3.8) is 0 Å². The lowest BCUT2D eigenvalue weighted by atomic mass is 10.2. The van der Waals surface area contributed by atoms with Crippen molar-refractivity contribution in [3.05, 3.63) is 20.4 Å². The Morgan fingerprint density at radius 1 is 1.45 bits per heavy atom. The van der Waals surface area contributed by atoms with Gasteiger partial charge in [0.1, 0.15) is 11.4 Å². The van der Waals surface area contributed by atoms with Crippen LogP contribution in [0.2, 0.25) is 0 Å². The molecule has 3 N–H and O–H groups in total. The van der Waals surface area contributed by atoms with E-state index >= 15 is 0 Å². The number of β-amino-alcohol motifs (C(OH)–C–C–N with tert-alkyl or cyclic N) is 1. The molecule has 0 saturated carbocycles. The minimum Gasteiger partial charge on any atom is -0.389 e. The normalized spacial score (nSPS) is 22.5. The lowest BCUT2D eigenvalue weighted by Crippen LogP contribution is -2.43. The lowest BCUT2D eigenvalue weighted by molar-refractivity contribution is 0.183. The number of nitrogens with zero attached hydrogens (tertiary/aromatic N) is 1. The van der Waals surface area contributed by atoms with Crippen molar-refractivity contribution < 1.29 is 19.1 Å². The van der Waals surface area contributed by atoms with Gasteiger partial charge in [0.05, 0.1) is 18.4 Å². The highest BCUT2D eigenvalue weighted by Gasteiger charge is 2.32. The van der Waals surface area contributed by atoms with Crippen molar-refractivity contribution in [3.8, 4) is 0 Å². The molecule has 9 heteroatoms. The van der Waals surface area contributed by atoms with Crippen molar-refractivity contribution in [2.75, 3.05) is 36.0 Å². The van der Waals surface area contributed by atoms with Crippen molar-refractivity contribution in [2.24, 2.45) is 0 Å². The predicted octanol–water partition coefficient (Wildman–Crippen LogP) is -0.124. The first kappa shape index (κ1) is 17.1. The maximum atomic E-state index is 12.0. The van der Waals surface area contributed by atoms with Crippen LogP contribution in [0.1, 0.15) is 20.3 Å². The Morgan fingerprint density at radius 2 is 2.14 bits per heavy atom. The molecule has 0 fully saturated rings. The first-order valence-corrected chi connectivity index (χ1v) is 9.02. The molecule has 0 bridgehead atoms. The van der Waals surface area contributed by atoms with Gasteiger partial charge in [-0.1, -0.05) is 6.92 Å². The van der Waals surface area contributed by atoms with E-state index in [2.05, 4.69) is 5.32 Å². The van der Waals surface area contributed by atoms with E-state index in [4.69, 9.17) is 4.52 Å². The number of nitrogens with one attached hydrogen (secondary N) is 1. The Morgan fingerprint density at radius 3 is 2.77 bits per heavy atom. The molecule has 0 spiro atoms. The van der Waals surface area contributed by atoms with Crippen LogP contribution < -0.4 is 21.1 Å². The van der Waals surface area contributed by atoms with Crippen LogP contribution in [0.25, 0.3) is 0 Å². The van der Waals surface area contributed by atoms with Crippen LogP contribution in [0.15, 0.2) is 9.59 Å². The summed E-state index contributed by atoms with van der Waals surface area (Å²) in [6.07, 6.45) is -0.685. The van der Waals surface area contributed by atoms with Gasteiger partial charge in [0, 0.05) is 19.6 Å². The highest BCUT2D eigenvalue weighted by Crippen LogP contribution is 2.43. The zero-order valence-electron chi connectivity index (χ0n) is 12.6. The Bertz CT molecular complexity index is 653. The summed E-state index contributed by atoms with van der Waals surface area (Å²) in [6.45, 7) is 3.89. The van der Waals surface area contributed by atoms with Gasteiger partial charge in [-0.2, -0.15) is 0 Å². The monoisotopic (exact) mass is 332 g/mol. The Hall–Kier alpha value is -1.21. The number of hydrogen-bond acceptors (Lipinski definition) is 7. The fourth-order valence-electron chi connectivity index (χ4n) is 2.33. The summed E-state index contributed by atoms with van der Waals surface area (Å²) in [6, 6.07) is 0. The summed E-state index contributed by atoms with van der Waals surface area (Å²) in [5.74, 6) is 0. The average molecular weight is 332 g/mol. The van der Waals surface area contributed by atoms with Gasteiger partial charge >= 0.3 is 7.60 Å². The standard InChI is InChI=1S/C13H21N2O6P/c1-3-8(2)21-22(19,20)5-4-15-7-9(16)6-14-10-11(15)13(18)12(10)17/h8-9,14,16H,3-7H2,1-2H3,(H,19,20). The third-order valence-electron chi connectivity index (χ3n) is 3.72. The number of aliphatic hydroxyl groups excluding tert-OH is 1. The SMILES string of the molecule is CCC(C)OP(=O)(O)CCN1CC(O)CNc2c1c(=O)c2=O. The molecular formula is C13H21N2O6P. The number of anilines is 2. The molecular weight excluding hydrogens is 311 g/mol. The average Bonchev–Trinajstić information content (AvgIpc) is 2.61. The molecule has 22 heavy (non-hydrogen) atoms. The van der Waals surface area contributed by atoms with E-state index in [0.717, 1.165) is 0 Å². The fourth-order valence-corrected chi connectivity index (χ4v) is 3.65. The second-order valence-electron chi connectivity index (χ2n) is 5.55. The molecule has 0 radical (unpaired) electrons. The summed E-state index contributed by atoms with van der Waals surface area (Å²) in [5.41, 5.74) is -0.883. The number of fused-ring (bicyclic) bond motifs is 1. The van der Waals surface area contributed by atoms with E-state index < -0.39 is 24.6 Å². The van der Waals surface area contributed by atoms with Gasteiger partial charge in [-0.05, 0) is 13.3 Å². The van der Waals surface area contributed by atoms with Gasteiger partial charge in [-0.15, -0.1) is 0 Å². The fraction of sp³-hybridized carbons (Fsp3) is 0.692. The van der Waals surface area contributed by atoms with Crippen LogP contribution in [-0.2, 0) is 9.09 Å². The number of hydrogen-bond donors (Lipinski definition) is 3. The molecule has 3 unspecified atom stereocenters. The minimum absolute atomic E-state index is 0.0564. The lowest BCUT2D eigenvalue weighted by Gasteiger charge is -2.27. The molecule has 8 nitrogen and oxygen atoms in total. The van der Waals surface area contributed by atoms with Gasteiger partial charge in [-0.25, -0.2) is 0 Å². The van der Waals surface area contributed by atoms with Gasteiger partial charge in [0.2, 0.25) is 0 Å². The van der Waals surface area contributed by atoms with E-state index in [0.29, 0.717) is 6.42 Å². The van der Waals surface area contributed by atoms with Crippen molar-refractivity contribution in [2.45, 2.75) is 32.5 Å². The van der Waals surface area contributed by atoms with E-state index in [-0.39, 0.29) is 43.3 Å². The summed E-state index contributed by atoms with van der Waals surface area (Å²) in [5, 5.41) is 12.5. The predicted molar refractivity (Wildman–Crippen MR) is 83.6 cm³/mol. The molecule has 0 saturated heterocycles. The molecule has 2 rings (SSSR count). The minimum atomic E-state index is -3.79. The van der Waals surface area contributed by atoms with Gasteiger partial charge in [0.15, 0.2) is 0 Å². The van der Waals surface area contributed by atoms with Crippen molar-refractivity contribution in [1.29, 1.82) is 0 Å². The smallest absolute Gasteiger partial charge is 0.330 e. The summed E-state index contributed by atoms with van der Waals surface area (Å²) < 4.78 is 17.1. The Kier molecular flexibility index (Phi) is 5.07. The molecule has 1 heterocycles. The second kappa shape index (κ2) is 6.50. The number of rotatable bonds is 6. The first-order valence-electron chi connectivity index (χ1n) is 7.25. The summed E-state index contributed by atoms with van der Waals surface area (Å²) in [4.78, 5) is 34.5. The highest BCUT2D eigenvalue weighted by molar-refractivity contribution is 7.52. The molecule has 1 aromatic rings. The van der Waals surface area contributed by atoms with E-state index in [1.807, 2.05) is 6.92 Å². The molecule has 3 atom stereocenters. The summed E-state index contributed by atoms with van der Waals surface area (Å²) >= 11 is 0. The molecule has 124 valence electrons.